The molecule has 0 aliphatic rings. The van der Waals surface area contributed by atoms with E-state index >= 15 is 0 Å². The molecule has 82 valence electrons. The fourth-order valence-corrected chi connectivity index (χ4v) is 1.62. The van der Waals surface area contributed by atoms with Gasteiger partial charge in [-0.25, -0.2) is 4.98 Å². The van der Waals surface area contributed by atoms with Crippen molar-refractivity contribution in [3.63, 3.8) is 0 Å². The Morgan fingerprint density at radius 2 is 2.40 bits per heavy atom. The minimum Gasteiger partial charge on any atom is -0.350 e. The molecule has 1 unspecified atom stereocenters. The summed E-state index contributed by atoms with van der Waals surface area (Å²) in [5.74, 6) is 0.270. The van der Waals surface area contributed by atoms with E-state index in [0.29, 0.717) is 22.6 Å². The molecular formula is C10H12Br2N2O. The summed E-state index contributed by atoms with van der Waals surface area (Å²) < 4.78 is 0.717. The van der Waals surface area contributed by atoms with E-state index in [-0.39, 0.29) is 5.91 Å². The second-order valence-electron chi connectivity index (χ2n) is 3.30. The maximum atomic E-state index is 11.7. The van der Waals surface area contributed by atoms with Crippen LogP contribution in [0, 0.1) is 5.92 Å². The molecule has 1 heterocycles. The normalized spacial score (nSPS) is 12.2. The van der Waals surface area contributed by atoms with Gasteiger partial charge in [0.2, 0.25) is 0 Å². The Balaban J connectivity index is 2.58. The average Bonchev–Trinajstić information content (AvgIpc) is 2.26. The second kappa shape index (κ2) is 6.23. The van der Waals surface area contributed by atoms with Crippen molar-refractivity contribution >= 4 is 37.8 Å². The van der Waals surface area contributed by atoms with Crippen LogP contribution >= 0.6 is 31.9 Å². The first-order valence-electron chi connectivity index (χ1n) is 4.59. The average molecular weight is 336 g/mol. The molecule has 1 rings (SSSR count). The Kier molecular flexibility index (Phi) is 5.25. The van der Waals surface area contributed by atoms with Gasteiger partial charge in [-0.2, -0.15) is 0 Å². The highest BCUT2D eigenvalue weighted by Crippen LogP contribution is 2.12. The minimum absolute atomic E-state index is 0.143. The molecule has 0 radical (unpaired) electrons. The molecule has 1 atom stereocenters. The van der Waals surface area contributed by atoms with Gasteiger partial charge in [0, 0.05) is 22.5 Å². The first-order chi connectivity index (χ1) is 7.15. The lowest BCUT2D eigenvalue weighted by atomic mass is 10.2. The predicted octanol–water partition coefficient (Wildman–Crippen LogP) is 2.60. The van der Waals surface area contributed by atoms with E-state index in [2.05, 4.69) is 49.1 Å². The van der Waals surface area contributed by atoms with Gasteiger partial charge in [0.05, 0.1) is 0 Å². The van der Waals surface area contributed by atoms with Crippen molar-refractivity contribution in [2.75, 3.05) is 11.9 Å². The number of hydrogen-bond acceptors (Lipinski definition) is 2. The molecule has 1 amide bonds. The Morgan fingerprint density at radius 1 is 1.67 bits per heavy atom. The lowest BCUT2D eigenvalue weighted by Gasteiger charge is -2.09. The van der Waals surface area contributed by atoms with E-state index in [0.717, 1.165) is 5.33 Å². The van der Waals surface area contributed by atoms with E-state index in [9.17, 15) is 4.79 Å². The summed E-state index contributed by atoms with van der Waals surface area (Å²) in [5.41, 5.74) is 0.430. The molecule has 0 bridgehead atoms. The molecule has 5 heteroatoms. The van der Waals surface area contributed by atoms with Gasteiger partial charge in [0.25, 0.3) is 5.91 Å². The molecule has 0 saturated heterocycles. The maximum absolute atomic E-state index is 11.7. The van der Waals surface area contributed by atoms with Crippen molar-refractivity contribution in [3.05, 3.63) is 28.5 Å². The topological polar surface area (TPSA) is 42.0 Å². The van der Waals surface area contributed by atoms with Crippen molar-refractivity contribution in [1.82, 2.24) is 10.3 Å². The summed E-state index contributed by atoms with van der Waals surface area (Å²) in [6, 6.07) is 3.58. The van der Waals surface area contributed by atoms with E-state index in [1.165, 1.54) is 0 Å². The number of alkyl halides is 1. The van der Waals surface area contributed by atoms with Gasteiger partial charge in [-0.1, -0.05) is 22.9 Å². The third kappa shape index (κ3) is 3.91. The van der Waals surface area contributed by atoms with Gasteiger partial charge in [0.15, 0.2) is 0 Å². The Bertz CT molecular complexity index is 344. The number of nitrogens with zero attached hydrogens (tertiary/aromatic N) is 1. The van der Waals surface area contributed by atoms with E-state index in [4.69, 9.17) is 0 Å². The summed E-state index contributed by atoms with van der Waals surface area (Å²) in [7, 11) is 0. The van der Waals surface area contributed by atoms with Gasteiger partial charge >= 0.3 is 0 Å². The number of aromatic nitrogens is 1. The van der Waals surface area contributed by atoms with Crippen LogP contribution in [0.1, 0.15) is 17.4 Å². The summed E-state index contributed by atoms with van der Waals surface area (Å²) in [6.07, 6.45) is 1.60. The van der Waals surface area contributed by atoms with Gasteiger partial charge in [0.1, 0.15) is 5.69 Å². The first kappa shape index (κ1) is 12.6. The number of halogens is 2. The molecule has 0 aliphatic heterocycles. The fourth-order valence-electron chi connectivity index (χ4n) is 0.958. The standard InChI is InChI=1S/C10H12Br2N2O/c1-7(5-11)6-14-10(15)9-8(12)3-2-4-13-9/h2-4,7H,5-6H2,1H3,(H,14,15). The molecule has 1 aromatic rings. The first-order valence-corrected chi connectivity index (χ1v) is 6.51. The number of carbonyl (C=O) groups excluding carboxylic acids is 1. The van der Waals surface area contributed by atoms with Gasteiger partial charge in [-0.15, -0.1) is 0 Å². The molecule has 0 aliphatic carbocycles. The lowest BCUT2D eigenvalue weighted by molar-refractivity contribution is 0.0943. The maximum Gasteiger partial charge on any atom is 0.271 e. The zero-order chi connectivity index (χ0) is 11.3. The molecule has 0 fully saturated rings. The SMILES string of the molecule is CC(CBr)CNC(=O)c1ncccc1Br. The highest BCUT2D eigenvalue weighted by atomic mass is 79.9. The zero-order valence-corrected chi connectivity index (χ0v) is 11.5. The quantitative estimate of drug-likeness (QED) is 0.859. The number of pyridine rings is 1. The lowest BCUT2D eigenvalue weighted by Crippen LogP contribution is -2.29. The van der Waals surface area contributed by atoms with Crippen LogP contribution in [0.5, 0.6) is 0 Å². The molecule has 1 N–H and O–H groups in total. The molecular weight excluding hydrogens is 324 g/mol. The van der Waals surface area contributed by atoms with Crippen LogP contribution in [0.25, 0.3) is 0 Å². The van der Waals surface area contributed by atoms with Crippen molar-refractivity contribution in [2.45, 2.75) is 6.92 Å². The molecule has 3 nitrogen and oxygen atoms in total. The second-order valence-corrected chi connectivity index (χ2v) is 4.81. The van der Waals surface area contributed by atoms with Crippen LogP contribution in [0.4, 0.5) is 0 Å². The van der Waals surface area contributed by atoms with Crippen LogP contribution in [-0.4, -0.2) is 22.8 Å². The van der Waals surface area contributed by atoms with Crippen molar-refractivity contribution in [3.8, 4) is 0 Å². The highest BCUT2D eigenvalue weighted by molar-refractivity contribution is 9.10. The monoisotopic (exact) mass is 334 g/mol. The van der Waals surface area contributed by atoms with Gasteiger partial charge in [-0.3, -0.25) is 4.79 Å². The van der Waals surface area contributed by atoms with Crippen molar-refractivity contribution in [1.29, 1.82) is 0 Å². The summed E-state index contributed by atoms with van der Waals surface area (Å²) >= 11 is 6.65. The summed E-state index contributed by atoms with van der Waals surface area (Å²) in [6.45, 7) is 2.70. The number of nitrogens with one attached hydrogen (secondary N) is 1. The van der Waals surface area contributed by atoms with Crippen LogP contribution in [0.15, 0.2) is 22.8 Å². The van der Waals surface area contributed by atoms with E-state index in [1.807, 2.05) is 0 Å². The van der Waals surface area contributed by atoms with Gasteiger partial charge in [-0.05, 0) is 34.0 Å². The highest BCUT2D eigenvalue weighted by Gasteiger charge is 2.11. The number of hydrogen-bond donors (Lipinski definition) is 1. The molecule has 0 spiro atoms. The predicted molar refractivity (Wildman–Crippen MR) is 67.2 cm³/mol. The third-order valence-electron chi connectivity index (χ3n) is 1.85. The number of carbonyl (C=O) groups is 1. The molecule has 15 heavy (non-hydrogen) atoms. The smallest absolute Gasteiger partial charge is 0.271 e. The number of rotatable bonds is 4. The zero-order valence-electron chi connectivity index (χ0n) is 8.34. The Hall–Kier alpha value is -0.420. The molecule has 0 aromatic carbocycles. The van der Waals surface area contributed by atoms with Crippen LogP contribution in [0.2, 0.25) is 0 Å². The Morgan fingerprint density at radius 3 is 3.00 bits per heavy atom. The van der Waals surface area contributed by atoms with Crippen LogP contribution < -0.4 is 5.32 Å². The van der Waals surface area contributed by atoms with E-state index in [1.54, 1.807) is 18.3 Å². The van der Waals surface area contributed by atoms with Crippen LogP contribution in [0.3, 0.4) is 0 Å². The Labute approximate surface area is 106 Å². The van der Waals surface area contributed by atoms with Crippen molar-refractivity contribution in [2.24, 2.45) is 5.92 Å². The van der Waals surface area contributed by atoms with E-state index < -0.39 is 0 Å². The van der Waals surface area contributed by atoms with Crippen LogP contribution in [-0.2, 0) is 0 Å². The van der Waals surface area contributed by atoms with Crippen molar-refractivity contribution < 1.29 is 4.79 Å². The fraction of sp³-hybridized carbons (Fsp3) is 0.400. The molecule has 0 saturated carbocycles. The largest absolute Gasteiger partial charge is 0.350 e. The minimum atomic E-state index is -0.143. The van der Waals surface area contributed by atoms with Gasteiger partial charge < -0.3 is 5.32 Å². The summed E-state index contributed by atoms with van der Waals surface area (Å²) in [4.78, 5) is 15.7. The summed E-state index contributed by atoms with van der Waals surface area (Å²) in [5, 5.41) is 3.70. The third-order valence-corrected chi connectivity index (χ3v) is 3.59. The number of amides is 1. The molecule has 1 aromatic heterocycles.